The number of nitrogens with two attached hydrogens (primary N) is 1. The minimum absolute atomic E-state index is 0.0733. The second-order valence-electron chi connectivity index (χ2n) is 6.81. The molecule has 28 heavy (non-hydrogen) atoms. The molecule has 1 aliphatic rings. The number of thiophene rings is 1. The van der Waals surface area contributed by atoms with E-state index in [-0.39, 0.29) is 17.3 Å². The van der Waals surface area contributed by atoms with Gasteiger partial charge >= 0.3 is 6.09 Å². The Labute approximate surface area is 164 Å². The van der Waals surface area contributed by atoms with E-state index in [9.17, 15) is 14.4 Å². The number of carbonyl (C=O) groups excluding carboxylic acids is 1. The van der Waals surface area contributed by atoms with Gasteiger partial charge in [-0.2, -0.15) is 0 Å². The third-order valence-electron chi connectivity index (χ3n) is 5.15. The average molecular weight is 397 g/mol. The number of anilines is 1. The number of fused-ring (bicyclic) bond motifs is 1. The summed E-state index contributed by atoms with van der Waals surface area (Å²) >= 11 is 1.23. The average Bonchev–Trinajstić information content (AvgIpc) is 3.04. The van der Waals surface area contributed by atoms with Gasteiger partial charge in [0.15, 0.2) is 5.78 Å². The largest absolute Gasteiger partial charge is 0.465 e. The number of hydrogen-bond acceptors (Lipinski definition) is 5. The summed E-state index contributed by atoms with van der Waals surface area (Å²) in [7, 11) is 0. The van der Waals surface area contributed by atoms with Gasteiger partial charge in [0.25, 0.3) is 5.56 Å². The van der Waals surface area contributed by atoms with Gasteiger partial charge in [0.05, 0.1) is 16.3 Å². The number of carbonyl (C=O) groups is 2. The number of nitrogen functional groups attached to an aromatic ring is 1. The summed E-state index contributed by atoms with van der Waals surface area (Å²) in [4.78, 5) is 39.1. The lowest BCUT2D eigenvalue weighted by Crippen LogP contribution is -2.39. The molecule has 2 aromatic heterocycles. The smallest absolute Gasteiger partial charge is 0.407 e. The molecule has 7 nitrogen and oxygen atoms in total. The first-order valence-corrected chi connectivity index (χ1v) is 9.80. The van der Waals surface area contributed by atoms with E-state index >= 15 is 0 Å². The fourth-order valence-electron chi connectivity index (χ4n) is 3.62. The molecule has 0 saturated carbocycles. The van der Waals surface area contributed by atoms with Crippen molar-refractivity contribution in [3.05, 3.63) is 57.7 Å². The lowest BCUT2D eigenvalue weighted by Gasteiger charge is -2.28. The third kappa shape index (κ3) is 3.05. The van der Waals surface area contributed by atoms with Crippen LogP contribution in [0, 0.1) is 5.92 Å². The molecule has 1 fully saturated rings. The molecule has 0 bridgehead atoms. The highest BCUT2D eigenvalue weighted by Crippen LogP contribution is 2.36. The number of Topliss-reactive ketones (excluding diaryl/α,β-unsaturated/α-hetero) is 1. The van der Waals surface area contributed by atoms with Crippen molar-refractivity contribution < 1.29 is 14.7 Å². The maximum atomic E-state index is 13.1. The van der Waals surface area contributed by atoms with Crippen molar-refractivity contribution in [1.82, 2.24) is 9.47 Å². The molecular formula is C20H19N3O4S. The van der Waals surface area contributed by atoms with Crippen LogP contribution in [-0.4, -0.2) is 39.5 Å². The van der Waals surface area contributed by atoms with Crippen molar-refractivity contribution in [2.75, 3.05) is 18.8 Å². The van der Waals surface area contributed by atoms with Crippen LogP contribution in [-0.2, 0) is 0 Å². The van der Waals surface area contributed by atoms with Crippen LogP contribution in [0.5, 0.6) is 0 Å². The van der Waals surface area contributed by atoms with Gasteiger partial charge in [-0.1, -0.05) is 18.2 Å². The van der Waals surface area contributed by atoms with Crippen LogP contribution in [0.25, 0.3) is 15.9 Å². The SMILES string of the molecule is Nc1c(C(=O)C2CCN(C(=O)O)CC2)sc2c1ccc(=O)n2-c1ccccc1. The summed E-state index contributed by atoms with van der Waals surface area (Å²) in [5, 5.41) is 9.76. The quantitative estimate of drug-likeness (QED) is 0.660. The standard InChI is InChI=1S/C20H19N3O4S/c21-16-14-6-7-15(24)23(13-4-2-1-3-5-13)19(14)28-18(16)17(25)12-8-10-22(11-9-12)20(26)27/h1-7,12H,8-11,21H2,(H,26,27). The van der Waals surface area contributed by atoms with Crippen molar-refractivity contribution in [2.45, 2.75) is 12.8 Å². The first-order chi connectivity index (χ1) is 13.5. The highest BCUT2D eigenvalue weighted by molar-refractivity contribution is 7.21. The lowest BCUT2D eigenvalue weighted by atomic mass is 9.91. The lowest BCUT2D eigenvalue weighted by molar-refractivity contribution is 0.0826. The molecule has 144 valence electrons. The van der Waals surface area contributed by atoms with Crippen LogP contribution in [0.3, 0.4) is 0 Å². The van der Waals surface area contributed by atoms with Crippen molar-refractivity contribution >= 4 is 39.1 Å². The Morgan fingerprint density at radius 2 is 1.75 bits per heavy atom. The van der Waals surface area contributed by atoms with Crippen LogP contribution in [0.2, 0.25) is 0 Å². The Bertz CT molecular complexity index is 1110. The summed E-state index contributed by atoms with van der Waals surface area (Å²) in [5.74, 6) is -0.335. The zero-order chi connectivity index (χ0) is 19.8. The molecule has 0 atom stereocenters. The zero-order valence-corrected chi connectivity index (χ0v) is 15.8. The topological polar surface area (TPSA) is 106 Å². The molecule has 0 aliphatic carbocycles. The number of piperidine rings is 1. The second-order valence-corrected chi connectivity index (χ2v) is 7.81. The monoisotopic (exact) mass is 397 g/mol. The number of hydrogen-bond donors (Lipinski definition) is 2. The highest BCUT2D eigenvalue weighted by Gasteiger charge is 2.30. The summed E-state index contributed by atoms with van der Waals surface area (Å²) in [5.41, 5.74) is 7.20. The molecule has 4 rings (SSSR count). The summed E-state index contributed by atoms with van der Waals surface area (Å²) in [6.07, 6.45) is -0.00612. The molecule has 0 spiro atoms. The fourth-order valence-corrected chi connectivity index (χ4v) is 4.88. The Kier molecular flexibility index (Phi) is 4.64. The van der Waals surface area contributed by atoms with Gasteiger partial charge in [-0.05, 0) is 31.0 Å². The van der Waals surface area contributed by atoms with Gasteiger partial charge in [-0.3, -0.25) is 14.2 Å². The Hall–Kier alpha value is -3.13. The van der Waals surface area contributed by atoms with E-state index in [0.29, 0.717) is 52.4 Å². The van der Waals surface area contributed by atoms with Gasteiger partial charge in [0.2, 0.25) is 0 Å². The molecule has 0 radical (unpaired) electrons. The molecular weight excluding hydrogens is 378 g/mol. The Balaban J connectivity index is 1.73. The normalized spacial score (nSPS) is 15.1. The van der Waals surface area contributed by atoms with Gasteiger partial charge < -0.3 is 15.7 Å². The van der Waals surface area contributed by atoms with E-state index in [1.807, 2.05) is 30.3 Å². The van der Waals surface area contributed by atoms with E-state index in [2.05, 4.69) is 0 Å². The minimum Gasteiger partial charge on any atom is -0.465 e. The molecule has 3 heterocycles. The predicted octanol–water partition coefficient (Wildman–Crippen LogP) is 3.21. The number of ketones is 1. The number of aromatic nitrogens is 1. The highest BCUT2D eigenvalue weighted by atomic mass is 32.1. The second kappa shape index (κ2) is 7.12. The van der Waals surface area contributed by atoms with Crippen LogP contribution in [0.1, 0.15) is 22.5 Å². The van der Waals surface area contributed by atoms with Crippen molar-refractivity contribution in [2.24, 2.45) is 5.92 Å². The van der Waals surface area contributed by atoms with Crippen LogP contribution < -0.4 is 11.3 Å². The predicted molar refractivity (Wildman–Crippen MR) is 108 cm³/mol. The number of amides is 1. The summed E-state index contributed by atoms with van der Waals surface area (Å²) in [6.45, 7) is 0.677. The van der Waals surface area contributed by atoms with Crippen molar-refractivity contribution in [3.63, 3.8) is 0 Å². The molecule has 1 saturated heterocycles. The molecule has 3 N–H and O–H groups in total. The maximum Gasteiger partial charge on any atom is 0.407 e. The van der Waals surface area contributed by atoms with Gasteiger partial charge in [0.1, 0.15) is 4.83 Å². The minimum atomic E-state index is -0.959. The Morgan fingerprint density at radius 1 is 1.07 bits per heavy atom. The first kappa shape index (κ1) is 18.2. The molecule has 1 aliphatic heterocycles. The van der Waals surface area contributed by atoms with Crippen LogP contribution >= 0.6 is 11.3 Å². The number of nitrogens with zero attached hydrogens (tertiary/aromatic N) is 2. The van der Waals surface area contributed by atoms with Crippen LogP contribution in [0.15, 0.2) is 47.3 Å². The number of likely N-dealkylation sites (tertiary alicyclic amines) is 1. The fraction of sp³-hybridized carbons (Fsp3) is 0.250. The molecule has 0 unspecified atom stereocenters. The Morgan fingerprint density at radius 3 is 2.39 bits per heavy atom. The maximum absolute atomic E-state index is 13.1. The summed E-state index contributed by atoms with van der Waals surface area (Å²) < 4.78 is 1.57. The number of pyridine rings is 1. The zero-order valence-electron chi connectivity index (χ0n) is 15.0. The number of rotatable bonds is 3. The van der Waals surface area contributed by atoms with Gasteiger partial charge in [-0.25, -0.2) is 4.79 Å². The van der Waals surface area contributed by atoms with E-state index < -0.39 is 6.09 Å². The van der Waals surface area contributed by atoms with E-state index in [0.717, 1.165) is 0 Å². The van der Waals surface area contributed by atoms with E-state index in [4.69, 9.17) is 10.8 Å². The van der Waals surface area contributed by atoms with Gasteiger partial charge in [0, 0.05) is 30.5 Å². The molecule has 3 aromatic rings. The molecule has 8 heteroatoms. The number of carboxylic acid groups (broad SMARTS) is 1. The van der Waals surface area contributed by atoms with E-state index in [1.54, 1.807) is 10.6 Å². The molecule has 1 amide bonds. The molecule has 1 aromatic carbocycles. The van der Waals surface area contributed by atoms with E-state index in [1.165, 1.54) is 22.3 Å². The number of para-hydroxylation sites is 1. The van der Waals surface area contributed by atoms with Crippen LogP contribution in [0.4, 0.5) is 10.5 Å². The third-order valence-corrected chi connectivity index (χ3v) is 6.38. The van der Waals surface area contributed by atoms with Crippen molar-refractivity contribution in [1.29, 1.82) is 0 Å². The number of benzene rings is 1. The van der Waals surface area contributed by atoms with Gasteiger partial charge in [-0.15, -0.1) is 11.3 Å². The van der Waals surface area contributed by atoms with Crippen molar-refractivity contribution in [3.8, 4) is 5.69 Å². The summed E-state index contributed by atoms with van der Waals surface area (Å²) in [6, 6.07) is 12.3. The first-order valence-electron chi connectivity index (χ1n) is 8.99.